The molecule has 1 aromatic carbocycles. The highest BCUT2D eigenvalue weighted by molar-refractivity contribution is 6.34. The number of nitrogens with two attached hydrogens (primary N) is 1. The lowest BCUT2D eigenvalue weighted by Gasteiger charge is -1.97. The Morgan fingerprint density at radius 3 is 3.17 bits per heavy atom. The Hall–Kier alpha value is -1.06. The monoisotopic (exact) mass is 180 g/mol. The van der Waals surface area contributed by atoms with E-state index in [1.165, 1.54) is 0 Å². The molecular weight excluding hydrogens is 174 g/mol. The lowest BCUT2D eigenvalue weighted by molar-refractivity contribution is 0.748. The summed E-state index contributed by atoms with van der Waals surface area (Å²) in [4.78, 5) is 4.02. The molecule has 2 N–H and O–H groups in total. The number of halogens is 1. The first-order chi connectivity index (χ1) is 5.83. The van der Waals surface area contributed by atoms with E-state index in [0.29, 0.717) is 11.7 Å². The van der Waals surface area contributed by atoms with Crippen LogP contribution in [0.15, 0.2) is 18.2 Å². The third kappa shape index (κ3) is 0.983. The standard InChI is InChI=1S/C8H7ClN3/c9-6-2-1-3-7-8(6)11-5-12(7)4-10/h1-3H,4,10H2. The van der Waals surface area contributed by atoms with Crippen LogP contribution < -0.4 is 5.73 Å². The Kier molecular flexibility index (Phi) is 1.75. The molecule has 1 aromatic heterocycles. The molecule has 0 saturated heterocycles. The van der Waals surface area contributed by atoms with E-state index in [4.69, 9.17) is 17.3 Å². The van der Waals surface area contributed by atoms with Gasteiger partial charge in [-0.3, -0.25) is 0 Å². The average Bonchev–Trinajstić information content (AvgIpc) is 2.49. The van der Waals surface area contributed by atoms with Crippen molar-refractivity contribution >= 4 is 22.6 Å². The average molecular weight is 181 g/mol. The molecule has 0 bridgehead atoms. The summed E-state index contributed by atoms with van der Waals surface area (Å²) in [6.07, 6.45) is 2.76. The van der Waals surface area contributed by atoms with Gasteiger partial charge in [-0.15, -0.1) is 0 Å². The van der Waals surface area contributed by atoms with Crippen LogP contribution in [-0.2, 0) is 6.67 Å². The highest BCUT2D eigenvalue weighted by Crippen LogP contribution is 2.20. The maximum absolute atomic E-state index is 5.89. The van der Waals surface area contributed by atoms with Gasteiger partial charge in [-0.05, 0) is 12.1 Å². The van der Waals surface area contributed by atoms with Crippen LogP contribution in [0.5, 0.6) is 0 Å². The van der Waals surface area contributed by atoms with Crippen LogP contribution in [0.1, 0.15) is 0 Å². The predicted molar refractivity (Wildman–Crippen MR) is 47.8 cm³/mol. The number of nitrogens with zero attached hydrogens (tertiary/aromatic N) is 2. The van der Waals surface area contributed by atoms with E-state index in [9.17, 15) is 0 Å². The minimum Gasteiger partial charge on any atom is -0.314 e. The molecule has 0 aliphatic rings. The minimum atomic E-state index is 0.372. The van der Waals surface area contributed by atoms with Gasteiger partial charge in [0, 0.05) is 0 Å². The normalized spacial score (nSPS) is 10.8. The van der Waals surface area contributed by atoms with Crippen molar-refractivity contribution in [1.29, 1.82) is 0 Å². The zero-order valence-corrected chi connectivity index (χ0v) is 7.04. The summed E-state index contributed by atoms with van der Waals surface area (Å²) in [5.41, 5.74) is 7.13. The zero-order chi connectivity index (χ0) is 8.55. The Balaban J connectivity index is 2.80. The fraction of sp³-hybridized carbons (Fsp3) is 0.125. The van der Waals surface area contributed by atoms with Gasteiger partial charge in [0.2, 0.25) is 0 Å². The van der Waals surface area contributed by atoms with E-state index in [1.54, 1.807) is 10.6 Å². The first-order valence-corrected chi connectivity index (χ1v) is 3.93. The first-order valence-electron chi connectivity index (χ1n) is 3.55. The van der Waals surface area contributed by atoms with Crippen molar-refractivity contribution in [2.75, 3.05) is 0 Å². The van der Waals surface area contributed by atoms with Gasteiger partial charge in [0.05, 0.1) is 17.2 Å². The molecule has 61 valence electrons. The summed E-state index contributed by atoms with van der Waals surface area (Å²) >= 11 is 5.89. The number of benzene rings is 1. The van der Waals surface area contributed by atoms with Crippen LogP contribution >= 0.6 is 11.6 Å². The van der Waals surface area contributed by atoms with Crippen LogP contribution in [0.3, 0.4) is 0 Å². The molecular formula is C8H7ClN3. The van der Waals surface area contributed by atoms with Crippen LogP contribution in [0.25, 0.3) is 11.0 Å². The summed E-state index contributed by atoms with van der Waals surface area (Å²) < 4.78 is 1.72. The first kappa shape index (κ1) is 7.58. The molecule has 3 nitrogen and oxygen atoms in total. The maximum Gasteiger partial charge on any atom is 0.178 e. The number of aromatic nitrogens is 2. The van der Waals surface area contributed by atoms with Crippen LogP contribution in [0.2, 0.25) is 5.02 Å². The SMILES string of the molecule is NCn1[c]nc2c(Cl)cccc21. The second-order valence-corrected chi connectivity index (χ2v) is 2.84. The third-order valence-corrected chi connectivity index (χ3v) is 2.03. The molecule has 0 atom stereocenters. The molecule has 0 unspecified atom stereocenters. The summed E-state index contributed by atoms with van der Waals surface area (Å²) in [6.45, 7) is 0.372. The Morgan fingerprint density at radius 2 is 2.42 bits per heavy atom. The third-order valence-electron chi connectivity index (χ3n) is 1.72. The van der Waals surface area contributed by atoms with Crippen molar-refractivity contribution in [3.8, 4) is 0 Å². The number of fused-ring (bicyclic) bond motifs is 1. The number of hydrogen-bond acceptors (Lipinski definition) is 2. The highest BCUT2D eigenvalue weighted by Gasteiger charge is 2.03. The summed E-state index contributed by atoms with van der Waals surface area (Å²) in [5.74, 6) is 0. The van der Waals surface area contributed by atoms with Crippen molar-refractivity contribution in [3.63, 3.8) is 0 Å². The number of imidazole rings is 1. The Bertz CT molecular complexity index is 408. The van der Waals surface area contributed by atoms with Crippen molar-refractivity contribution in [2.24, 2.45) is 5.73 Å². The van der Waals surface area contributed by atoms with Crippen molar-refractivity contribution in [1.82, 2.24) is 9.55 Å². The minimum absolute atomic E-state index is 0.372. The van der Waals surface area contributed by atoms with Gasteiger partial charge in [0.1, 0.15) is 5.52 Å². The molecule has 0 saturated carbocycles. The Labute approximate surface area is 74.8 Å². The van der Waals surface area contributed by atoms with Gasteiger partial charge in [0.25, 0.3) is 0 Å². The molecule has 4 heteroatoms. The predicted octanol–water partition coefficient (Wildman–Crippen LogP) is 1.41. The molecule has 1 heterocycles. The van der Waals surface area contributed by atoms with E-state index in [-0.39, 0.29) is 0 Å². The molecule has 0 aliphatic carbocycles. The van der Waals surface area contributed by atoms with E-state index < -0.39 is 0 Å². The van der Waals surface area contributed by atoms with Crippen molar-refractivity contribution < 1.29 is 0 Å². The fourth-order valence-corrected chi connectivity index (χ4v) is 1.35. The second-order valence-electron chi connectivity index (χ2n) is 2.43. The van der Waals surface area contributed by atoms with Gasteiger partial charge in [-0.1, -0.05) is 17.7 Å². The van der Waals surface area contributed by atoms with E-state index >= 15 is 0 Å². The molecule has 0 amide bonds. The van der Waals surface area contributed by atoms with Crippen molar-refractivity contribution in [3.05, 3.63) is 29.5 Å². The quantitative estimate of drug-likeness (QED) is 0.721. The molecule has 2 rings (SSSR count). The summed E-state index contributed by atoms with van der Waals surface area (Å²) in [7, 11) is 0. The van der Waals surface area contributed by atoms with E-state index in [1.807, 2.05) is 12.1 Å². The topological polar surface area (TPSA) is 43.8 Å². The van der Waals surface area contributed by atoms with Gasteiger partial charge in [-0.2, -0.15) is 0 Å². The van der Waals surface area contributed by atoms with Crippen molar-refractivity contribution in [2.45, 2.75) is 6.67 Å². The summed E-state index contributed by atoms with van der Waals surface area (Å²) in [5, 5.41) is 0.635. The van der Waals surface area contributed by atoms with Crippen LogP contribution in [0, 0.1) is 6.33 Å². The molecule has 0 spiro atoms. The Morgan fingerprint density at radius 1 is 1.58 bits per heavy atom. The molecule has 2 aromatic rings. The van der Waals surface area contributed by atoms with Gasteiger partial charge in [0.15, 0.2) is 6.33 Å². The smallest absolute Gasteiger partial charge is 0.178 e. The van der Waals surface area contributed by atoms with Gasteiger partial charge >= 0.3 is 0 Å². The number of hydrogen-bond donors (Lipinski definition) is 1. The fourth-order valence-electron chi connectivity index (χ4n) is 1.14. The lowest BCUT2D eigenvalue weighted by Crippen LogP contribution is -2.05. The summed E-state index contributed by atoms with van der Waals surface area (Å²) in [6, 6.07) is 5.58. The molecule has 0 fully saturated rings. The second kappa shape index (κ2) is 2.77. The van der Waals surface area contributed by atoms with Gasteiger partial charge < -0.3 is 10.3 Å². The molecule has 12 heavy (non-hydrogen) atoms. The number of rotatable bonds is 1. The van der Waals surface area contributed by atoms with Gasteiger partial charge in [-0.25, -0.2) is 4.98 Å². The van der Waals surface area contributed by atoms with E-state index in [0.717, 1.165) is 11.0 Å². The lowest BCUT2D eigenvalue weighted by atomic mass is 10.3. The molecule has 0 aliphatic heterocycles. The zero-order valence-electron chi connectivity index (χ0n) is 6.29. The van der Waals surface area contributed by atoms with E-state index in [2.05, 4.69) is 11.3 Å². The highest BCUT2D eigenvalue weighted by atomic mass is 35.5. The number of para-hydroxylation sites is 1. The maximum atomic E-state index is 5.89. The molecule has 1 radical (unpaired) electrons. The largest absolute Gasteiger partial charge is 0.314 e. The van der Waals surface area contributed by atoms with Crippen LogP contribution in [-0.4, -0.2) is 9.55 Å². The van der Waals surface area contributed by atoms with Crippen LogP contribution in [0.4, 0.5) is 0 Å².